The number of hydrogen-bond donors (Lipinski definition) is 2. The van der Waals surface area contributed by atoms with E-state index in [9.17, 15) is 34.0 Å². The van der Waals surface area contributed by atoms with Gasteiger partial charge in [0.2, 0.25) is 20.0 Å². The van der Waals surface area contributed by atoms with Gasteiger partial charge in [-0.25, -0.2) is 25.6 Å². The van der Waals surface area contributed by atoms with Crippen LogP contribution < -0.4 is 8.25 Å². The summed E-state index contributed by atoms with van der Waals surface area (Å²) in [4.78, 5) is 0. The van der Waals surface area contributed by atoms with E-state index in [0.29, 0.717) is 13.8 Å². The summed E-state index contributed by atoms with van der Waals surface area (Å²) in [5, 5.41) is 0. The maximum atomic E-state index is 12.7. The fourth-order valence-electron chi connectivity index (χ4n) is 0.656. The molecule has 0 aromatic carbocycles. The molecule has 0 saturated carbocycles. The minimum atomic E-state index is -5.11. The Morgan fingerprint density at radius 2 is 1.10 bits per heavy atom. The third kappa shape index (κ3) is 4.81. The van der Waals surface area contributed by atoms with Crippen LogP contribution in [0.5, 0.6) is 0 Å². The lowest BCUT2D eigenvalue weighted by Gasteiger charge is -2.24. The van der Waals surface area contributed by atoms with Crippen LogP contribution in [0.1, 0.15) is 34.6 Å². The summed E-state index contributed by atoms with van der Waals surface area (Å²) in [7, 11) is -14.6. The fourth-order valence-corrected chi connectivity index (χ4v) is 5.50. The molecule has 8 nitrogen and oxygen atoms in total. The second-order valence-corrected chi connectivity index (χ2v) is 12.3. The first kappa shape index (κ1) is 20.6. The van der Waals surface area contributed by atoms with Gasteiger partial charge in [-0.1, -0.05) is 8.25 Å². The van der Waals surface area contributed by atoms with Gasteiger partial charge in [0.1, 0.15) is 4.75 Å². The fraction of sp³-hybridized carbons (Fsp3) is 1.00. The summed E-state index contributed by atoms with van der Waals surface area (Å²) in [5.74, 6) is 0. The maximum Gasteiger partial charge on any atom is 0.303 e. The quantitative estimate of drug-likeness (QED) is 0.671. The van der Waals surface area contributed by atoms with E-state index in [1.54, 1.807) is 0 Å². The maximum absolute atomic E-state index is 12.7. The predicted molar refractivity (Wildman–Crippen MR) is 72.9 cm³/mol. The monoisotopic (exact) mass is 372 g/mol. The first-order chi connectivity index (χ1) is 8.86. The summed E-state index contributed by atoms with van der Waals surface area (Å²) < 4.78 is 92.9. The molecular weight excluding hydrogens is 354 g/mol. The van der Waals surface area contributed by atoms with Crippen LogP contribution in [0.15, 0.2) is 0 Å². The van der Waals surface area contributed by atoms with Crippen LogP contribution >= 0.6 is 0 Å². The molecule has 2 N–H and O–H groups in total. The van der Waals surface area contributed by atoms with Crippen molar-refractivity contribution in [2.75, 3.05) is 0 Å². The van der Waals surface area contributed by atoms with Crippen LogP contribution in [0.2, 0.25) is 0 Å². The minimum absolute atomic E-state index is 0.605. The van der Waals surface area contributed by atoms with E-state index in [4.69, 9.17) is 0 Å². The van der Waals surface area contributed by atoms with Crippen LogP contribution in [0, 0.1) is 0 Å². The molecule has 0 fully saturated rings. The highest BCUT2D eigenvalue weighted by atomic mass is 32.3. The zero-order chi connectivity index (χ0) is 17.5. The lowest BCUT2D eigenvalue weighted by Crippen LogP contribution is -2.54. The molecule has 21 heavy (non-hydrogen) atoms. The Hall–Kier alpha value is -0.370. The highest BCUT2D eigenvalue weighted by Crippen LogP contribution is 2.24. The van der Waals surface area contributed by atoms with Crippen molar-refractivity contribution < 1.29 is 34.0 Å². The van der Waals surface area contributed by atoms with Crippen LogP contribution in [0.4, 0.5) is 8.78 Å². The Labute approximate surface area is 123 Å². The molecule has 0 aromatic heterocycles. The van der Waals surface area contributed by atoms with Gasteiger partial charge in [-0.3, -0.25) is 0 Å². The number of rotatable bonds is 6. The molecule has 0 aromatic rings. The first-order valence-corrected chi connectivity index (χ1v) is 9.90. The van der Waals surface area contributed by atoms with Crippen LogP contribution in [-0.4, -0.2) is 41.2 Å². The first-order valence-electron chi connectivity index (χ1n) is 5.45. The third-order valence-corrected chi connectivity index (χ3v) is 9.15. The molecule has 0 heterocycles. The molecule has 128 valence electrons. The number of nitrogens with one attached hydrogen (secondary N) is 2. The number of halogens is 2. The van der Waals surface area contributed by atoms with Crippen molar-refractivity contribution in [1.82, 2.24) is 8.25 Å². The van der Waals surface area contributed by atoms with E-state index in [0.717, 1.165) is 8.25 Å². The molecular formula is C8H18F2N2O6S3. The van der Waals surface area contributed by atoms with Crippen LogP contribution in [-0.2, 0) is 30.3 Å². The molecule has 0 aliphatic carbocycles. The average molecular weight is 372 g/mol. The molecule has 0 aliphatic heterocycles. The second-order valence-electron chi connectivity index (χ2n) is 5.69. The normalized spacial score (nSPS) is 15.4. The number of hydrogen-bond acceptors (Lipinski definition) is 6. The molecule has 0 bridgehead atoms. The van der Waals surface area contributed by atoms with Crippen molar-refractivity contribution in [3.05, 3.63) is 0 Å². The zero-order valence-electron chi connectivity index (χ0n) is 12.0. The van der Waals surface area contributed by atoms with Crippen molar-refractivity contribution in [3.8, 4) is 0 Å². The molecule has 0 unspecified atom stereocenters. The molecule has 0 atom stereocenters. The summed E-state index contributed by atoms with van der Waals surface area (Å²) in [6.45, 7) is 4.72. The van der Waals surface area contributed by atoms with E-state index in [1.165, 1.54) is 20.8 Å². The molecule has 0 amide bonds. The number of sulfonamides is 2. The summed E-state index contributed by atoms with van der Waals surface area (Å²) in [6, 6.07) is 0. The summed E-state index contributed by atoms with van der Waals surface area (Å²) >= 11 is 0. The second kappa shape index (κ2) is 5.68. The largest absolute Gasteiger partial charge is 0.303 e. The molecule has 0 rings (SSSR count). The van der Waals surface area contributed by atoms with Crippen molar-refractivity contribution in [2.45, 2.75) is 50.5 Å². The Morgan fingerprint density at radius 3 is 1.38 bits per heavy atom. The third-order valence-electron chi connectivity index (χ3n) is 2.46. The van der Waals surface area contributed by atoms with Gasteiger partial charge in [0.05, 0.1) is 4.75 Å². The van der Waals surface area contributed by atoms with Crippen molar-refractivity contribution >= 4 is 30.3 Å². The Morgan fingerprint density at radius 1 is 0.762 bits per heavy atom. The van der Waals surface area contributed by atoms with E-state index >= 15 is 0 Å². The topological polar surface area (TPSA) is 126 Å². The molecule has 0 saturated heterocycles. The molecule has 0 aliphatic rings. The van der Waals surface area contributed by atoms with E-state index in [2.05, 4.69) is 0 Å². The molecule has 13 heteroatoms. The minimum Gasteiger partial charge on any atom is -0.211 e. The predicted octanol–water partition coefficient (Wildman–Crippen LogP) is -0.0878. The lowest BCUT2D eigenvalue weighted by atomic mass is 10.2. The Bertz CT molecular complexity index is 689. The Balaban J connectivity index is 5.55. The van der Waals surface area contributed by atoms with E-state index < -0.39 is 46.2 Å². The van der Waals surface area contributed by atoms with Crippen molar-refractivity contribution in [3.63, 3.8) is 0 Å². The highest BCUT2D eigenvalue weighted by Gasteiger charge is 2.46. The molecule has 0 spiro atoms. The van der Waals surface area contributed by atoms with Crippen molar-refractivity contribution in [2.24, 2.45) is 0 Å². The SMILES string of the molecule is CC(C)(C)S(=O)(=O)NS(=O)(=O)NS(=O)(=O)C(C)(C)C(F)F. The van der Waals surface area contributed by atoms with Gasteiger partial charge < -0.3 is 0 Å². The van der Waals surface area contributed by atoms with Crippen LogP contribution in [0.3, 0.4) is 0 Å². The van der Waals surface area contributed by atoms with Gasteiger partial charge in [-0.05, 0) is 34.6 Å². The Kier molecular flexibility index (Phi) is 5.58. The van der Waals surface area contributed by atoms with E-state index in [-0.39, 0.29) is 0 Å². The number of alkyl halides is 2. The average Bonchev–Trinajstić information content (AvgIpc) is 2.10. The standard InChI is InChI=1S/C8H18F2N2O6S3/c1-7(2,3)19(13,14)11-21(17,18)12-20(15,16)8(4,5)6(9)10/h6,11-12H,1-5H3. The van der Waals surface area contributed by atoms with Crippen LogP contribution in [0.25, 0.3) is 0 Å². The highest BCUT2D eigenvalue weighted by molar-refractivity contribution is 8.10. The molecule has 0 radical (unpaired) electrons. The van der Waals surface area contributed by atoms with Gasteiger partial charge >= 0.3 is 10.2 Å². The van der Waals surface area contributed by atoms with Gasteiger partial charge in [0.25, 0.3) is 6.43 Å². The van der Waals surface area contributed by atoms with Gasteiger partial charge in [0.15, 0.2) is 0 Å². The lowest BCUT2D eigenvalue weighted by molar-refractivity contribution is 0.108. The van der Waals surface area contributed by atoms with Gasteiger partial charge in [-0.15, -0.1) is 0 Å². The summed E-state index contributed by atoms with van der Waals surface area (Å²) in [6.07, 6.45) is -3.38. The smallest absolute Gasteiger partial charge is 0.211 e. The van der Waals surface area contributed by atoms with Gasteiger partial charge in [-0.2, -0.15) is 8.42 Å². The van der Waals surface area contributed by atoms with Crippen molar-refractivity contribution in [1.29, 1.82) is 0 Å². The zero-order valence-corrected chi connectivity index (χ0v) is 14.5. The van der Waals surface area contributed by atoms with E-state index in [1.807, 2.05) is 0 Å². The van der Waals surface area contributed by atoms with Gasteiger partial charge in [0, 0.05) is 0 Å². The summed E-state index contributed by atoms with van der Waals surface area (Å²) in [5.41, 5.74) is 0.